The smallest absolute Gasteiger partial charge is 0.263 e. The van der Waals surface area contributed by atoms with Crippen molar-refractivity contribution in [2.75, 3.05) is 6.67 Å². The average molecular weight is 436 g/mol. The van der Waals surface area contributed by atoms with Gasteiger partial charge in [0.05, 0.1) is 22.3 Å². The molecule has 0 radical (unpaired) electrons. The van der Waals surface area contributed by atoms with Crippen molar-refractivity contribution < 1.29 is 19.2 Å². The number of nitrogens with zero attached hydrogens (tertiary/aromatic N) is 2. The Kier molecular flexibility index (Phi) is 6.26. The van der Waals surface area contributed by atoms with E-state index in [2.05, 4.69) is 19.2 Å². The summed E-state index contributed by atoms with van der Waals surface area (Å²) in [4.78, 5) is 54.7. The maximum atomic E-state index is 13.5. The van der Waals surface area contributed by atoms with Gasteiger partial charge in [-0.1, -0.05) is 51.7 Å². The molecule has 3 heterocycles. The average Bonchev–Trinajstić information content (AvgIpc) is 3.35. The molecule has 7 heteroatoms. The first-order valence-electron chi connectivity index (χ1n) is 11.5. The second kappa shape index (κ2) is 9.10. The van der Waals surface area contributed by atoms with E-state index >= 15 is 0 Å². The number of nitrogens with one attached hydrogen (secondary N) is 1. The Hall–Kier alpha value is -3.22. The molecule has 0 aliphatic carbocycles. The molecule has 4 amide bonds. The summed E-state index contributed by atoms with van der Waals surface area (Å²) in [5.74, 6) is -1.37. The second-order valence-electron chi connectivity index (χ2n) is 8.50. The zero-order valence-electron chi connectivity index (χ0n) is 18.7. The predicted octanol–water partition coefficient (Wildman–Crippen LogP) is 3.88. The van der Waals surface area contributed by atoms with Crippen LogP contribution in [-0.2, 0) is 9.59 Å². The summed E-state index contributed by atoms with van der Waals surface area (Å²) in [6, 6.07) is 6.68. The van der Waals surface area contributed by atoms with Gasteiger partial charge in [0.1, 0.15) is 6.67 Å². The number of unbranched alkanes of at least 4 members (excludes halogenated alkanes) is 4. The summed E-state index contributed by atoms with van der Waals surface area (Å²) in [5, 5.41) is 2.90. The van der Waals surface area contributed by atoms with Gasteiger partial charge in [0.25, 0.3) is 23.6 Å². The van der Waals surface area contributed by atoms with Crippen LogP contribution in [0.5, 0.6) is 0 Å². The molecule has 4 rings (SSSR count). The van der Waals surface area contributed by atoms with Crippen LogP contribution in [0.2, 0.25) is 0 Å². The van der Waals surface area contributed by atoms with Crippen molar-refractivity contribution in [3.63, 3.8) is 0 Å². The lowest BCUT2D eigenvalue weighted by atomic mass is 10.0. The number of fused-ring (bicyclic) bond motifs is 2. The van der Waals surface area contributed by atoms with Crippen LogP contribution in [0.3, 0.4) is 0 Å². The maximum absolute atomic E-state index is 13.5. The summed E-state index contributed by atoms with van der Waals surface area (Å²) in [5.41, 5.74) is 2.84. The third kappa shape index (κ3) is 3.66. The van der Waals surface area contributed by atoms with E-state index in [-0.39, 0.29) is 18.5 Å². The Morgan fingerprint density at radius 2 is 1.31 bits per heavy atom. The van der Waals surface area contributed by atoms with Crippen LogP contribution in [0.25, 0.3) is 0 Å². The first-order chi connectivity index (χ1) is 15.5. The van der Waals surface area contributed by atoms with Crippen LogP contribution < -0.4 is 5.32 Å². The minimum atomic E-state index is -0.407. The van der Waals surface area contributed by atoms with Crippen molar-refractivity contribution in [2.24, 2.45) is 0 Å². The minimum absolute atomic E-state index is 0.171. The van der Waals surface area contributed by atoms with Crippen molar-refractivity contribution in [3.05, 3.63) is 57.9 Å². The molecule has 7 nitrogen and oxygen atoms in total. The lowest BCUT2D eigenvalue weighted by Crippen LogP contribution is -2.42. The number of imide groups is 1. The van der Waals surface area contributed by atoms with Gasteiger partial charge in [0, 0.05) is 11.4 Å². The van der Waals surface area contributed by atoms with E-state index in [0.29, 0.717) is 46.5 Å². The Bertz CT molecular complexity index is 1020. The van der Waals surface area contributed by atoms with Crippen LogP contribution >= 0.6 is 0 Å². The Balaban J connectivity index is 1.66. The van der Waals surface area contributed by atoms with Crippen LogP contribution in [0.15, 0.2) is 46.8 Å². The summed E-state index contributed by atoms with van der Waals surface area (Å²) >= 11 is 0. The van der Waals surface area contributed by atoms with Crippen molar-refractivity contribution in [1.29, 1.82) is 0 Å². The maximum Gasteiger partial charge on any atom is 0.263 e. The molecule has 0 spiro atoms. The summed E-state index contributed by atoms with van der Waals surface area (Å²) in [6.45, 7) is 4.02. The fourth-order valence-corrected chi connectivity index (χ4v) is 4.63. The van der Waals surface area contributed by atoms with E-state index in [9.17, 15) is 19.2 Å². The third-order valence-corrected chi connectivity index (χ3v) is 6.33. The molecule has 1 N–H and O–H groups in total. The standard InChI is InChI=1S/C25H29N3O4/c1-3-5-7-13-18-20-21(22(29)26-18)19(14-8-6-4-2)27(25(20)32)15-28-23(30)16-11-9-10-12-17(16)24(28)31/h9-12H,3-8,13-15H2,1-2H3,(H,26,29). The van der Waals surface area contributed by atoms with Crippen molar-refractivity contribution in [3.8, 4) is 0 Å². The van der Waals surface area contributed by atoms with Gasteiger partial charge in [-0.15, -0.1) is 0 Å². The fraction of sp³-hybridized carbons (Fsp3) is 0.440. The second-order valence-corrected chi connectivity index (χ2v) is 8.50. The minimum Gasteiger partial charge on any atom is -0.325 e. The molecule has 168 valence electrons. The van der Waals surface area contributed by atoms with Gasteiger partial charge in [-0.25, -0.2) is 0 Å². The first-order valence-corrected chi connectivity index (χ1v) is 11.5. The summed E-state index contributed by atoms with van der Waals surface area (Å²) in [6.07, 6.45) is 6.93. The number of rotatable bonds is 10. The van der Waals surface area contributed by atoms with Gasteiger partial charge in [-0.3, -0.25) is 29.0 Å². The largest absolute Gasteiger partial charge is 0.325 e. The number of hydrogen-bond acceptors (Lipinski definition) is 4. The van der Waals surface area contributed by atoms with Crippen molar-refractivity contribution in [2.45, 2.75) is 65.2 Å². The molecule has 32 heavy (non-hydrogen) atoms. The highest BCUT2D eigenvalue weighted by Crippen LogP contribution is 2.39. The number of allylic oxidation sites excluding steroid dienone is 2. The molecule has 0 atom stereocenters. The molecular formula is C25H29N3O4. The first kappa shape index (κ1) is 22.0. The zero-order chi connectivity index (χ0) is 22.8. The molecule has 0 unspecified atom stereocenters. The molecule has 0 bridgehead atoms. The Morgan fingerprint density at radius 1 is 0.719 bits per heavy atom. The summed E-state index contributed by atoms with van der Waals surface area (Å²) < 4.78 is 0. The van der Waals surface area contributed by atoms with E-state index in [4.69, 9.17) is 0 Å². The highest BCUT2D eigenvalue weighted by molar-refractivity contribution is 6.22. The van der Waals surface area contributed by atoms with Crippen molar-refractivity contribution in [1.82, 2.24) is 15.1 Å². The van der Waals surface area contributed by atoms with E-state index in [1.807, 2.05) is 0 Å². The van der Waals surface area contributed by atoms with Gasteiger partial charge in [0.2, 0.25) is 0 Å². The normalized spacial score (nSPS) is 17.7. The number of hydrogen-bond donors (Lipinski definition) is 1. The molecule has 1 aromatic rings. The predicted molar refractivity (Wildman–Crippen MR) is 119 cm³/mol. The number of carbonyl (C=O) groups excluding carboxylic acids is 4. The molecule has 1 aromatic carbocycles. The van der Waals surface area contributed by atoms with Crippen molar-refractivity contribution >= 4 is 23.6 Å². The number of carbonyl (C=O) groups is 4. The van der Waals surface area contributed by atoms with Gasteiger partial charge in [-0.05, 0) is 37.8 Å². The topological polar surface area (TPSA) is 86.8 Å². The van der Waals surface area contributed by atoms with Crippen LogP contribution in [0, 0.1) is 0 Å². The molecule has 3 aliphatic rings. The molecule has 0 saturated carbocycles. The van der Waals surface area contributed by atoms with Gasteiger partial charge >= 0.3 is 0 Å². The fourth-order valence-electron chi connectivity index (χ4n) is 4.63. The van der Waals surface area contributed by atoms with E-state index < -0.39 is 11.8 Å². The Labute approximate surface area is 188 Å². The van der Waals surface area contributed by atoms with Crippen LogP contribution in [0.1, 0.15) is 85.9 Å². The van der Waals surface area contributed by atoms with Gasteiger partial charge < -0.3 is 5.32 Å². The monoisotopic (exact) mass is 435 g/mol. The molecule has 3 aliphatic heterocycles. The Morgan fingerprint density at radius 3 is 1.91 bits per heavy atom. The van der Waals surface area contributed by atoms with Gasteiger partial charge in [-0.2, -0.15) is 0 Å². The molecular weight excluding hydrogens is 406 g/mol. The van der Waals surface area contributed by atoms with E-state index in [1.165, 1.54) is 4.90 Å². The molecule has 0 aromatic heterocycles. The van der Waals surface area contributed by atoms with Gasteiger partial charge in [0.15, 0.2) is 0 Å². The van der Waals surface area contributed by atoms with E-state index in [1.54, 1.807) is 24.3 Å². The molecule has 0 saturated heterocycles. The van der Waals surface area contributed by atoms with Crippen LogP contribution in [0.4, 0.5) is 0 Å². The highest BCUT2D eigenvalue weighted by atomic mass is 16.2. The SMILES string of the molecule is CCCCCC1=C2C(=O)N(CN3C(=O)c4ccccc4C3=O)C(CCCCC)=C2C(=O)N1. The van der Waals surface area contributed by atoms with E-state index in [0.717, 1.165) is 43.4 Å². The highest BCUT2D eigenvalue weighted by Gasteiger charge is 2.46. The molecule has 0 fully saturated rings. The number of benzene rings is 1. The third-order valence-electron chi connectivity index (χ3n) is 6.33. The lowest BCUT2D eigenvalue weighted by molar-refractivity contribution is -0.125. The zero-order valence-corrected chi connectivity index (χ0v) is 18.7. The quantitative estimate of drug-likeness (QED) is 0.446. The summed E-state index contributed by atoms with van der Waals surface area (Å²) in [7, 11) is 0. The number of amides is 4. The van der Waals surface area contributed by atoms with Crippen LogP contribution in [-0.4, -0.2) is 40.1 Å². The lowest BCUT2D eigenvalue weighted by Gasteiger charge is -2.26.